The van der Waals surface area contributed by atoms with Gasteiger partial charge in [0.15, 0.2) is 5.16 Å². The number of carbonyl (C=O) groups excluding carboxylic acids is 2. The number of hydrogen-bond acceptors (Lipinski definition) is 6. The number of imide groups is 1. The van der Waals surface area contributed by atoms with Gasteiger partial charge in [-0.1, -0.05) is 44.9 Å². The number of nitrogens with zero attached hydrogens (tertiary/aromatic N) is 3. The molecular weight excluding hydrogens is 462 g/mol. The molecule has 1 fully saturated rings. The highest BCUT2D eigenvalue weighted by atomic mass is 32.2. The van der Waals surface area contributed by atoms with Crippen LogP contribution in [0.15, 0.2) is 28.3 Å². The Balaban J connectivity index is 1.68. The standard InChI is InChI=1S/C22H33N5O4S2/c1-4-26(5-2)33(30,31)17-12-13-19-18(14-17)24-22(27(19)6-3)32-15-20(28)25-21(29)23-16-10-8-7-9-11-16/h12-14,16H,4-11,15H2,1-3H3,(H2,23,25,28,29). The van der Waals surface area contributed by atoms with Gasteiger partial charge < -0.3 is 9.88 Å². The molecule has 33 heavy (non-hydrogen) atoms. The zero-order valence-corrected chi connectivity index (χ0v) is 21.1. The fourth-order valence-electron chi connectivity index (χ4n) is 4.14. The molecule has 1 saturated carbocycles. The van der Waals surface area contributed by atoms with Crippen molar-refractivity contribution in [2.24, 2.45) is 0 Å². The first kappa shape index (κ1) is 25.5. The van der Waals surface area contributed by atoms with Gasteiger partial charge in [-0.25, -0.2) is 18.2 Å². The van der Waals surface area contributed by atoms with E-state index in [-0.39, 0.29) is 16.7 Å². The van der Waals surface area contributed by atoms with E-state index in [9.17, 15) is 18.0 Å². The largest absolute Gasteiger partial charge is 0.335 e. The molecule has 0 unspecified atom stereocenters. The Morgan fingerprint density at radius 1 is 1.15 bits per heavy atom. The Bertz CT molecular complexity index is 1090. The predicted octanol–water partition coefficient (Wildman–Crippen LogP) is 3.34. The lowest BCUT2D eigenvalue weighted by atomic mass is 9.96. The maximum absolute atomic E-state index is 12.9. The van der Waals surface area contributed by atoms with Crippen LogP contribution in [0.3, 0.4) is 0 Å². The van der Waals surface area contributed by atoms with E-state index in [2.05, 4.69) is 15.6 Å². The Kier molecular flexibility index (Phi) is 8.77. The molecule has 2 aromatic rings. The quantitative estimate of drug-likeness (QED) is 0.516. The van der Waals surface area contributed by atoms with Crippen LogP contribution >= 0.6 is 11.8 Å². The van der Waals surface area contributed by atoms with E-state index >= 15 is 0 Å². The van der Waals surface area contributed by atoms with Crippen molar-refractivity contribution in [1.29, 1.82) is 0 Å². The van der Waals surface area contributed by atoms with E-state index in [1.807, 2.05) is 11.5 Å². The molecule has 1 aliphatic carbocycles. The van der Waals surface area contributed by atoms with Gasteiger partial charge in [-0.2, -0.15) is 4.31 Å². The summed E-state index contributed by atoms with van der Waals surface area (Å²) in [7, 11) is -3.59. The molecular formula is C22H33N5O4S2. The van der Waals surface area contributed by atoms with Crippen LogP contribution in [0.5, 0.6) is 0 Å². The number of nitrogens with one attached hydrogen (secondary N) is 2. The molecule has 182 valence electrons. The smallest absolute Gasteiger partial charge is 0.321 e. The first-order chi connectivity index (χ1) is 15.8. The molecule has 1 aromatic heterocycles. The van der Waals surface area contributed by atoms with Crippen molar-refractivity contribution in [3.63, 3.8) is 0 Å². The summed E-state index contributed by atoms with van der Waals surface area (Å²) in [5.41, 5.74) is 1.36. The first-order valence-corrected chi connectivity index (χ1v) is 14.0. The lowest BCUT2D eigenvalue weighted by molar-refractivity contribution is -0.117. The van der Waals surface area contributed by atoms with Crippen LogP contribution in [0.4, 0.5) is 4.79 Å². The lowest BCUT2D eigenvalue weighted by Crippen LogP contribution is -2.45. The van der Waals surface area contributed by atoms with Crippen molar-refractivity contribution in [2.45, 2.75) is 75.5 Å². The van der Waals surface area contributed by atoms with Crippen LogP contribution in [0.1, 0.15) is 52.9 Å². The van der Waals surface area contributed by atoms with Gasteiger partial charge in [0.1, 0.15) is 0 Å². The fourth-order valence-corrected chi connectivity index (χ4v) is 6.49. The van der Waals surface area contributed by atoms with Crippen molar-refractivity contribution >= 4 is 44.8 Å². The number of sulfonamides is 1. The van der Waals surface area contributed by atoms with Crippen LogP contribution in [0.2, 0.25) is 0 Å². The number of benzene rings is 1. The van der Waals surface area contributed by atoms with Crippen molar-refractivity contribution in [2.75, 3.05) is 18.8 Å². The molecule has 0 bridgehead atoms. The number of rotatable bonds is 9. The second kappa shape index (κ2) is 11.3. The number of thioether (sulfide) groups is 1. The van der Waals surface area contributed by atoms with Gasteiger partial charge in [-0.05, 0) is 38.0 Å². The Labute approximate surface area is 199 Å². The van der Waals surface area contributed by atoms with Crippen LogP contribution in [-0.4, -0.2) is 59.1 Å². The van der Waals surface area contributed by atoms with Gasteiger partial charge >= 0.3 is 6.03 Å². The third-order valence-electron chi connectivity index (χ3n) is 5.87. The van der Waals surface area contributed by atoms with Crippen LogP contribution < -0.4 is 10.6 Å². The molecule has 0 radical (unpaired) electrons. The SMILES string of the molecule is CCN(CC)S(=O)(=O)c1ccc2c(c1)nc(SCC(=O)NC(=O)NC1CCCCC1)n2CC. The molecule has 0 spiro atoms. The molecule has 0 aliphatic heterocycles. The Morgan fingerprint density at radius 3 is 2.48 bits per heavy atom. The number of aryl methyl sites for hydroxylation is 1. The Hall–Kier alpha value is -2.11. The van der Waals surface area contributed by atoms with Crippen LogP contribution in [0.25, 0.3) is 11.0 Å². The number of urea groups is 1. The molecule has 2 N–H and O–H groups in total. The minimum atomic E-state index is -3.59. The molecule has 0 saturated heterocycles. The molecule has 11 heteroatoms. The average molecular weight is 496 g/mol. The third kappa shape index (κ3) is 6.07. The number of aromatic nitrogens is 2. The van der Waals surface area contributed by atoms with Gasteiger partial charge in [-0.3, -0.25) is 10.1 Å². The minimum absolute atomic E-state index is 0.0337. The van der Waals surface area contributed by atoms with Crippen molar-refractivity contribution in [3.8, 4) is 0 Å². The van der Waals surface area contributed by atoms with Crippen molar-refractivity contribution in [1.82, 2.24) is 24.5 Å². The summed E-state index contributed by atoms with van der Waals surface area (Å²) in [6.45, 7) is 6.98. The Morgan fingerprint density at radius 2 is 1.85 bits per heavy atom. The van der Waals surface area contributed by atoms with E-state index in [1.54, 1.807) is 32.0 Å². The molecule has 1 aromatic carbocycles. The lowest BCUT2D eigenvalue weighted by Gasteiger charge is -2.22. The summed E-state index contributed by atoms with van der Waals surface area (Å²) in [5.74, 6) is -0.362. The second-order valence-corrected chi connectivity index (χ2v) is 10.9. The summed E-state index contributed by atoms with van der Waals surface area (Å²) < 4.78 is 29.1. The van der Waals surface area contributed by atoms with Gasteiger partial charge in [0, 0.05) is 25.7 Å². The maximum atomic E-state index is 12.9. The predicted molar refractivity (Wildman–Crippen MR) is 130 cm³/mol. The molecule has 3 amide bonds. The van der Waals surface area contributed by atoms with E-state index in [1.165, 1.54) is 22.5 Å². The minimum Gasteiger partial charge on any atom is -0.335 e. The zero-order valence-electron chi connectivity index (χ0n) is 19.5. The monoisotopic (exact) mass is 495 g/mol. The second-order valence-electron chi connectivity index (χ2n) is 8.02. The number of fused-ring (bicyclic) bond motifs is 1. The summed E-state index contributed by atoms with van der Waals surface area (Å²) >= 11 is 1.22. The number of amides is 3. The summed E-state index contributed by atoms with van der Waals surface area (Å²) in [4.78, 5) is 29.2. The van der Waals surface area contributed by atoms with Crippen LogP contribution in [-0.2, 0) is 21.4 Å². The van der Waals surface area contributed by atoms with Gasteiger partial charge in [-0.15, -0.1) is 0 Å². The van der Waals surface area contributed by atoms with Gasteiger partial charge in [0.25, 0.3) is 0 Å². The molecule has 1 aliphatic rings. The fraction of sp³-hybridized carbons (Fsp3) is 0.591. The highest BCUT2D eigenvalue weighted by molar-refractivity contribution is 7.99. The average Bonchev–Trinajstić information content (AvgIpc) is 3.15. The highest BCUT2D eigenvalue weighted by Crippen LogP contribution is 2.27. The van der Waals surface area contributed by atoms with E-state index in [0.29, 0.717) is 30.3 Å². The maximum Gasteiger partial charge on any atom is 0.321 e. The highest BCUT2D eigenvalue weighted by Gasteiger charge is 2.23. The number of carbonyl (C=O) groups is 2. The number of imidazole rings is 1. The summed E-state index contributed by atoms with van der Waals surface area (Å²) in [6.07, 6.45) is 5.28. The zero-order chi connectivity index (χ0) is 24.0. The summed E-state index contributed by atoms with van der Waals surface area (Å²) in [6, 6.07) is 4.61. The van der Waals surface area contributed by atoms with Gasteiger partial charge in [0.05, 0.1) is 21.7 Å². The summed E-state index contributed by atoms with van der Waals surface area (Å²) in [5, 5.41) is 5.86. The van der Waals surface area contributed by atoms with Crippen molar-refractivity contribution < 1.29 is 18.0 Å². The van der Waals surface area contributed by atoms with Gasteiger partial charge in [0.2, 0.25) is 15.9 Å². The molecule has 0 atom stereocenters. The normalized spacial score (nSPS) is 15.2. The number of hydrogen-bond donors (Lipinski definition) is 2. The molecule has 3 rings (SSSR count). The van der Waals surface area contributed by atoms with Crippen LogP contribution in [0, 0.1) is 0 Å². The third-order valence-corrected chi connectivity index (χ3v) is 8.89. The topological polar surface area (TPSA) is 113 Å². The molecule has 1 heterocycles. The van der Waals surface area contributed by atoms with E-state index in [4.69, 9.17) is 0 Å². The molecule has 9 nitrogen and oxygen atoms in total. The van der Waals surface area contributed by atoms with E-state index < -0.39 is 22.0 Å². The first-order valence-electron chi connectivity index (χ1n) is 11.5. The van der Waals surface area contributed by atoms with E-state index in [0.717, 1.165) is 31.2 Å². The van der Waals surface area contributed by atoms with Crippen molar-refractivity contribution in [3.05, 3.63) is 18.2 Å².